The van der Waals surface area contributed by atoms with Crippen molar-refractivity contribution in [2.24, 2.45) is 5.18 Å². The number of aromatic nitrogens is 2. The molecule has 0 saturated carbocycles. The molecule has 2 aromatic rings. The number of nitrogens with one attached hydrogen (secondary N) is 1. The van der Waals surface area contributed by atoms with Crippen LogP contribution in [0.2, 0.25) is 0 Å². The van der Waals surface area contributed by atoms with Crippen LogP contribution < -0.4 is 0 Å². The Labute approximate surface area is 72.8 Å². The average molecular weight is 179 g/mol. The molecule has 1 aromatic carbocycles. The molecular weight excluding hydrogens is 173 g/mol. The number of aryl methyl sites for hydroxylation is 1. The van der Waals surface area contributed by atoms with Crippen molar-refractivity contribution < 1.29 is 4.39 Å². The molecule has 0 radical (unpaired) electrons. The van der Waals surface area contributed by atoms with Gasteiger partial charge in [0.15, 0.2) is 11.5 Å². The van der Waals surface area contributed by atoms with Crippen molar-refractivity contribution in [3.8, 4) is 0 Å². The van der Waals surface area contributed by atoms with E-state index in [2.05, 4.69) is 15.1 Å². The zero-order valence-corrected chi connectivity index (χ0v) is 6.84. The summed E-state index contributed by atoms with van der Waals surface area (Å²) in [5.41, 5.74) is 0.669. The molecule has 0 spiro atoms. The number of hydrogen-bond donors (Lipinski definition) is 1. The van der Waals surface area contributed by atoms with Crippen molar-refractivity contribution in [3.63, 3.8) is 0 Å². The number of halogens is 1. The molecule has 0 bridgehead atoms. The number of nitrogens with zero attached hydrogens (tertiary/aromatic N) is 2. The van der Waals surface area contributed by atoms with Crippen LogP contribution in [0, 0.1) is 17.6 Å². The second-order valence-electron chi connectivity index (χ2n) is 2.71. The summed E-state index contributed by atoms with van der Waals surface area (Å²) in [6.07, 6.45) is 0. The second kappa shape index (κ2) is 2.62. The second-order valence-corrected chi connectivity index (χ2v) is 2.71. The van der Waals surface area contributed by atoms with Crippen LogP contribution in [0.15, 0.2) is 17.3 Å². The first kappa shape index (κ1) is 7.85. The molecule has 4 nitrogen and oxygen atoms in total. The van der Waals surface area contributed by atoms with Gasteiger partial charge in [-0.05, 0) is 24.2 Å². The van der Waals surface area contributed by atoms with E-state index >= 15 is 0 Å². The highest BCUT2D eigenvalue weighted by molar-refractivity contribution is 5.86. The predicted octanol–water partition coefficient (Wildman–Crippen LogP) is 2.41. The molecule has 1 aromatic heterocycles. The smallest absolute Gasteiger partial charge is 0.171 e. The van der Waals surface area contributed by atoms with Gasteiger partial charge in [0.1, 0.15) is 11.3 Å². The first-order valence-electron chi connectivity index (χ1n) is 3.70. The Morgan fingerprint density at radius 1 is 1.54 bits per heavy atom. The van der Waals surface area contributed by atoms with Crippen LogP contribution in [0.4, 0.5) is 10.1 Å². The summed E-state index contributed by atoms with van der Waals surface area (Å²) in [4.78, 5) is 17.1. The lowest BCUT2D eigenvalue weighted by Gasteiger charge is -1.92. The Morgan fingerprint density at radius 2 is 2.31 bits per heavy atom. The van der Waals surface area contributed by atoms with Gasteiger partial charge in [-0.1, -0.05) is 0 Å². The molecule has 0 fully saturated rings. The van der Waals surface area contributed by atoms with E-state index in [0.717, 1.165) is 0 Å². The molecule has 0 aliphatic carbocycles. The number of imidazole rings is 1. The molecule has 0 saturated heterocycles. The molecule has 0 unspecified atom stereocenters. The quantitative estimate of drug-likeness (QED) is 0.683. The van der Waals surface area contributed by atoms with Crippen LogP contribution in [0.5, 0.6) is 0 Å². The highest BCUT2D eigenvalue weighted by Crippen LogP contribution is 2.26. The number of H-pyrrole nitrogens is 1. The number of aromatic amines is 1. The van der Waals surface area contributed by atoms with Gasteiger partial charge >= 0.3 is 0 Å². The normalized spacial score (nSPS) is 10.6. The zero-order chi connectivity index (χ0) is 9.42. The molecule has 1 N–H and O–H groups in total. The van der Waals surface area contributed by atoms with Crippen LogP contribution in [0.1, 0.15) is 5.82 Å². The SMILES string of the molecule is Cc1nc2c(N=O)c(F)ccc2[nH]1. The molecule has 66 valence electrons. The fraction of sp³-hybridized carbons (Fsp3) is 0.125. The molecule has 0 amide bonds. The summed E-state index contributed by atoms with van der Waals surface area (Å²) < 4.78 is 13.0. The molecule has 5 heteroatoms. The molecule has 0 aliphatic heterocycles. The zero-order valence-electron chi connectivity index (χ0n) is 6.84. The van der Waals surface area contributed by atoms with Crippen LogP contribution in [0.25, 0.3) is 11.0 Å². The maximum atomic E-state index is 13.0. The topological polar surface area (TPSA) is 58.1 Å². The largest absolute Gasteiger partial charge is 0.342 e. The van der Waals surface area contributed by atoms with Crippen molar-refractivity contribution in [3.05, 3.63) is 28.7 Å². The summed E-state index contributed by atoms with van der Waals surface area (Å²) in [6, 6.07) is 2.72. The fourth-order valence-electron chi connectivity index (χ4n) is 1.25. The first-order valence-corrected chi connectivity index (χ1v) is 3.70. The lowest BCUT2D eigenvalue weighted by Crippen LogP contribution is -1.77. The van der Waals surface area contributed by atoms with E-state index in [0.29, 0.717) is 11.3 Å². The number of hydrogen-bond acceptors (Lipinski definition) is 3. The van der Waals surface area contributed by atoms with Crippen molar-refractivity contribution >= 4 is 16.7 Å². The minimum Gasteiger partial charge on any atom is -0.342 e. The van der Waals surface area contributed by atoms with Gasteiger partial charge in [0.05, 0.1) is 5.52 Å². The minimum atomic E-state index is -0.644. The van der Waals surface area contributed by atoms with Crippen molar-refractivity contribution in [2.75, 3.05) is 0 Å². The van der Waals surface area contributed by atoms with Gasteiger partial charge in [-0.3, -0.25) is 0 Å². The predicted molar refractivity (Wildman–Crippen MR) is 46.2 cm³/mol. The molecule has 0 aliphatic rings. The Kier molecular flexibility index (Phi) is 1.58. The summed E-state index contributed by atoms with van der Waals surface area (Å²) in [6.45, 7) is 1.73. The summed E-state index contributed by atoms with van der Waals surface area (Å²) in [5, 5.41) is 2.60. The van der Waals surface area contributed by atoms with Crippen LogP contribution in [-0.4, -0.2) is 9.97 Å². The number of nitroso groups, excluding NO2 is 1. The van der Waals surface area contributed by atoms with Gasteiger partial charge < -0.3 is 4.98 Å². The monoisotopic (exact) mass is 179 g/mol. The van der Waals surface area contributed by atoms with E-state index in [9.17, 15) is 9.30 Å². The molecule has 2 rings (SSSR count). The number of benzene rings is 1. The lowest BCUT2D eigenvalue weighted by molar-refractivity contribution is 0.631. The van der Waals surface area contributed by atoms with Gasteiger partial charge in [-0.25, -0.2) is 9.37 Å². The molecular formula is C8H6FN3O. The number of fused-ring (bicyclic) bond motifs is 1. The minimum absolute atomic E-state index is 0.234. The Balaban J connectivity index is 2.90. The Morgan fingerprint density at radius 3 is 3.00 bits per heavy atom. The van der Waals surface area contributed by atoms with Crippen LogP contribution in [-0.2, 0) is 0 Å². The standard InChI is InChI=1S/C8H6FN3O/c1-4-10-6-3-2-5(9)7(12-13)8(6)11-4/h2-3H,1H3,(H,10,11). The maximum absolute atomic E-state index is 13.0. The van der Waals surface area contributed by atoms with Crippen molar-refractivity contribution in [1.82, 2.24) is 9.97 Å². The maximum Gasteiger partial charge on any atom is 0.171 e. The highest BCUT2D eigenvalue weighted by Gasteiger charge is 2.10. The van der Waals surface area contributed by atoms with E-state index in [4.69, 9.17) is 0 Å². The van der Waals surface area contributed by atoms with Crippen molar-refractivity contribution in [2.45, 2.75) is 6.92 Å². The Bertz CT molecular complexity index is 477. The van der Waals surface area contributed by atoms with E-state index in [-0.39, 0.29) is 11.2 Å². The van der Waals surface area contributed by atoms with Crippen LogP contribution >= 0.6 is 0 Å². The average Bonchev–Trinajstić information content (AvgIpc) is 2.45. The fourth-order valence-corrected chi connectivity index (χ4v) is 1.25. The molecule has 0 atom stereocenters. The highest BCUT2D eigenvalue weighted by atomic mass is 19.1. The van der Waals surface area contributed by atoms with E-state index in [1.165, 1.54) is 12.1 Å². The summed E-state index contributed by atoms with van der Waals surface area (Å²) >= 11 is 0. The summed E-state index contributed by atoms with van der Waals surface area (Å²) in [5.74, 6) is -0.0144. The third-order valence-electron chi connectivity index (χ3n) is 1.79. The van der Waals surface area contributed by atoms with E-state index < -0.39 is 5.82 Å². The summed E-state index contributed by atoms with van der Waals surface area (Å²) in [7, 11) is 0. The third kappa shape index (κ3) is 1.09. The van der Waals surface area contributed by atoms with Gasteiger partial charge in [0.25, 0.3) is 0 Å². The molecule has 13 heavy (non-hydrogen) atoms. The van der Waals surface area contributed by atoms with Crippen LogP contribution in [0.3, 0.4) is 0 Å². The van der Waals surface area contributed by atoms with Gasteiger partial charge in [-0.15, -0.1) is 4.91 Å². The Hall–Kier alpha value is -1.78. The van der Waals surface area contributed by atoms with Gasteiger partial charge in [0.2, 0.25) is 0 Å². The van der Waals surface area contributed by atoms with Crippen molar-refractivity contribution in [1.29, 1.82) is 0 Å². The number of rotatable bonds is 1. The van der Waals surface area contributed by atoms with E-state index in [1.54, 1.807) is 6.92 Å². The first-order chi connectivity index (χ1) is 6.22. The molecule has 1 heterocycles. The lowest BCUT2D eigenvalue weighted by atomic mass is 10.2. The van der Waals surface area contributed by atoms with E-state index in [1.807, 2.05) is 0 Å². The van der Waals surface area contributed by atoms with Gasteiger partial charge in [0, 0.05) is 0 Å². The third-order valence-corrected chi connectivity index (χ3v) is 1.79. The van der Waals surface area contributed by atoms with Gasteiger partial charge in [-0.2, -0.15) is 0 Å².